The number of hydrogen-bond acceptors (Lipinski definition) is 4. The normalized spacial score (nSPS) is 10.2. The molecule has 0 radical (unpaired) electrons. The van der Waals surface area contributed by atoms with Gasteiger partial charge in [0, 0.05) is 5.69 Å². The topological polar surface area (TPSA) is 67.8 Å². The fraction of sp³-hybridized carbons (Fsp3) is 0.0952. The average molecular weight is 349 g/mol. The van der Waals surface area contributed by atoms with Gasteiger partial charge in [-0.05, 0) is 41.0 Å². The van der Waals surface area contributed by atoms with Gasteiger partial charge >= 0.3 is 6.09 Å². The van der Waals surface area contributed by atoms with E-state index in [1.165, 1.54) is 7.11 Å². The van der Waals surface area contributed by atoms with Gasteiger partial charge in [0.05, 0.1) is 7.11 Å². The number of benzene rings is 3. The Morgan fingerprint density at radius 1 is 0.962 bits per heavy atom. The molecule has 0 spiro atoms. The Morgan fingerprint density at radius 2 is 1.65 bits per heavy atom. The second-order valence-electron chi connectivity index (χ2n) is 5.65. The summed E-state index contributed by atoms with van der Waals surface area (Å²) >= 11 is 0. The molecule has 0 unspecified atom stereocenters. The predicted molar refractivity (Wildman–Crippen MR) is 100 cm³/mol. The van der Waals surface area contributed by atoms with E-state index in [4.69, 9.17) is 9.47 Å². The lowest BCUT2D eigenvalue weighted by atomic mass is 10.0. The van der Waals surface area contributed by atoms with Crippen LogP contribution in [0.2, 0.25) is 0 Å². The third-order valence-electron chi connectivity index (χ3n) is 3.86. The van der Waals surface area contributed by atoms with E-state index in [0.717, 1.165) is 16.7 Å². The number of phenols is 1. The van der Waals surface area contributed by atoms with Crippen molar-refractivity contribution in [1.82, 2.24) is 0 Å². The Hall–Kier alpha value is -3.47. The Labute approximate surface area is 151 Å². The zero-order valence-electron chi connectivity index (χ0n) is 14.3. The molecular weight excluding hydrogens is 330 g/mol. The highest BCUT2D eigenvalue weighted by Crippen LogP contribution is 2.31. The van der Waals surface area contributed by atoms with Crippen molar-refractivity contribution in [1.29, 1.82) is 0 Å². The van der Waals surface area contributed by atoms with E-state index < -0.39 is 6.09 Å². The van der Waals surface area contributed by atoms with E-state index in [9.17, 15) is 9.90 Å². The number of amides is 1. The van der Waals surface area contributed by atoms with E-state index >= 15 is 0 Å². The summed E-state index contributed by atoms with van der Waals surface area (Å²) in [7, 11) is 1.51. The summed E-state index contributed by atoms with van der Waals surface area (Å²) in [5.41, 5.74) is 3.31. The number of carbonyl (C=O) groups excluding carboxylic acids is 1. The number of carbonyl (C=O) groups is 1. The smallest absolute Gasteiger partial charge is 0.411 e. The highest BCUT2D eigenvalue weighted by molar-refractivity contribution is 5.85. The van der Waals surface area contributed by atoms with Crippen LogP contribution < -0.4 is 10.1 Å². The van der Waals surface area contributed by atoms with Crippen LogP contribution in [0, 0.1) is 0 Å². The molecular formula is C21H19NO4. The first-order valence-electron chi connectivity index (χ1n) is 8.11. The molecule has 0 heterocycles. The van der Waals surface area contributed by atoms with Crippen LogP contribution in [0.25, 0.3) is 11.1 Å². The first-order chi connectivity index (χ1) is 12.7. The minimum absolute atomic E-state index is 0.0803. The van der Waals surface area contributed by atoms with Crippen molar-refractivity contribution in [3.8, 4) is 22.6 Å². The molecule has 3 aromatic rings. The summed E-state index contributed by atoms with van der Waals surface area (Å²) in [6, 6.07) is 22.0. The summed E-state index contributed by atoms with van der Waals surface area (Å²) in [6.45, 7) is 0.218. The molecule has 26 heavy (non-hydrogen) atoms. The van der Waals surface area contributed by atoms with E-state index in [1.807, 2.05) is 48.5 Å². The number of phenolic OH excluding ortho intramolecular Hbond substituents is 1. The summed E-state index contributed by atoms with van der Waals surface area (Å²) in [4.78, 5) is 11.9. The summed E-state index contributed by atoms with van der Waals surface area (Å²) < 4.78 is 10.2. The van der Waals surface area contributed by atoms with Gasteiger partial charge in [-0.1, -0.05) is 48.5 Å². The fourth-order valence-electron chi connectivity index (χ4n) is 2.49. The minimum Gasteiger partial charge on any atom is -0.504 e. The van der Waals surface area contributed by atoms with Crippen molar-refractivity contribution < 1.29 is 19.4 Å². The Morgan fingerprint density at radius 3 is 2.31 bits per heavy atom. The van der Waals surface area contributed by atoms with Gasteiger partial charge in [0.2, 0.25) is 0 Å². The minimum atomic E-state index is -0.510. The van der Waals surface area contributed by atoms with Crippen LogP contribution in [0.15, 0.2) is 72.8 Å². The van der Waals surface area contributed by atoms with Gasteiger partial charge in [0.15, 0.2) is 11.5 Å². The molecule has 132 valence electrons. The Balaban J connectivity index is 1.60. The first kappa shape index (κ1) is 17.4. The maximum Gasteiger partial charge on any atom is 0.411 e. The molecule has 2 N–H and O–H groups in total. The van der Waals surface area contributed by atoms with Crippen LogP contribution in [0.5, 0.6) is 11.5 Å². The Kier molecular flexibility index (Phi) is 5.39. The molecule has 5 nitrogen and oxygen atoms in total. The largest absolute Gasteiger partial charge is 0.504 e. The zero-order valence-corrected chi connectivity index (χ0v) is 14.3. The number of rotatable bonds is 5. The van der Waals surface area contributed by atoms with Gasteiger partial charge in [-0.2, -0.15) is 0 Å². The number of anilines is 1. The molecule has 0 fully saturated rings. The van der Waals surface area contributed by atoms with E-state index in [2.05, 4.69) is 5.32 Å². The maximum absolute atomic E-state index is 11.9. The molecule has 0 aliphatic carbocycles. The number of hydrogen-bond donors (Lipinski definition) is 2. The lowest BCUT2D eigenvalue weighted by molar-refractivity contribution is 0.155. The number of ether oxygens (including phenoxy) is 2. The highest BCUT2D eigenvalue weighted by Gasteiger charge is 2.06. The summed E-state index contributed by atoms with van der Waals surface area (Å²) in [5.74, 6) is 0.505. The second kappa shape index (κ2) is 8.07. The molecule has 3 rings (SSSR count). The quantitative estimate of drug-likeness (QED) is 0.693. The van der Waals surface area contributed by atoms with Crippen molar-refractivity contribution in [2.45, 2.75) is 6.61 Å². The van der Waals surface area contributed by atoms with Crippen LogP contribution in [0.1, 0.15) is 5.56 Å². The average Bonchev–Trinajstić information content (AvgIpc) is 2.68. The molecule has 3 aromatic carbocycles. The van der Waals surface area contributed by atoms with Crippen LogP contribution in [-0.4, -0.2) is 18.3 Å². The van der Waals surface area contributed by atoms with Gasteiger partial charge in [-0.3, -0.25) is 5.32 Å². The van der Waals surface area contributed by atoms with Crippen molar-refractivity contribution in [2.24, 2.45) is 0 Å². The van der Waals surface area contributed by atoms with Crippen LogP contribution in [-0.2, 0) is 11.3 Å². The standard InChI is InChI=1S/C21H19NO4/c1-25-20-12-9-17(13-19(20)23)16-7-10-18(11-8-16)22-21(24)26-14-15-5-3-2-4-6-15/h2-13,23H,14H2,1H3,(H,22,24). The first-order valence-corrected chi connectivity index (χ1v) is 8.11. The van der Waals surface area contributed by atoms with Crippen molar-refractivity contribution in [3.05, 3.63) is 78.4 Å². The molecule has 1 amide bonds. The van der Waals surface area contributed by atoms with E-state index in [-0.39, 0.29) is 12.4 Å². The van der Waals surface area contributed by atoms with Gasteiger partial charge < -0.3 is 14.6 Å². The Bertz CT molecular complexity index is 876. The van der Waals surface area contributed by atoms with Gasteiger partial charge in [0.1, 0.15) is 6.61 Å². The van der Waals surface area contributed by atoms with Gasteiger partial charge in [0.25, 0.3) is 0 Å². The second-order valence-corrected chi connectivity index (χ2v) is 5.65. The monoisotopic (exact) mass is 349 g/mol. The zero-order chi connectivity index (χ0) is 18.4. The molecule has 0 aromatic heterocycles. The van der Waals surface area contributed by atoms with Crippen LogP contribution in [0.4, 0.5) is 10.5 Å². The highest BCUT2D eigenvalue weighted by atomic mass is 16.5. The molecule has 0 bridgehead atoms. The van der Waals surface area contributed by atoms with Crippen LogP contribution in [0.3, 0.4) is 0 Å². The lowest BCUT2D eigenvalue weighted by Crippen LogP contribution is -2.13. The fourth-order valence-corrected chi connectivity index (χ4v) is 2.49. The predicted octanol–water partition coefficient (Wildman–Crippen LogP) is 4.82. The van der Waals surface area contributed by atoms with Crippen molar-refractivity contribution in [2.75, 3.05) is 12.4 Å². The third-order valence-corrected chi connectivity index (χ3v) is 3.86. The van der Waals surface area contributed by atoms with E-state index in [0.29, 0.717) is 11.4 Å². The molecule has 5 heteroatoms. The van der Waals surface area contributed by atoms with Crippen LogP contribution >= 0.6 is 0 Å². The van der Waals surface area contributed by atoms with E-state index in [1.54, 1.807) is 24.3 Å². The molecule has 0 aliphatic rings. The SMILES string of the molecule is COc1ccc(-c2ccc(NC(=O)OCc3ccccc3)cc2)cc1O. The molecule has 0 saturated carbocycles. The summed E-state index contributed by atoms with van der Waals surface area (Å²) in [6.07, 6.45) is -0.510. The van der Waals surface area contributed by atoms with Crippen molar-refractivity contribution >= 4 is 11.8 Å². The molecule has 0 saturated heterocycles. The number of aromatic hydroxyl groups is 1. The molecule has 0 atom stereocenters. The summed E-state index contributed by atoms with van der Waals surface area (Å²) in [5, 5.41) is 12.6. The third kappa shape index (κ3) is 4.33. The van der Waals surface area contributed by atoms with Gasteiger partial charge in [-0.15, -0.1) is 0 Å². The maximum atomic E-state index is 11.9. The lowest BCUT2D eigenvalue weighted by Gasteiger charge is -2.09. The number of methoxy groups -OCH3 is 1. The van der Waals surface area contributed by atoms with Gasteiger partial charge in [-0.25, -0.2) is 4.79 Å². The number of nitrogens with one attached hydrogen (secondary N) is 1. The van der Waals surface area contributed by atoms with Crippen molar-refractivity contribution in [3.63, 3.8) is 0 Å². The molecule has 0 aliphatic heterocycles.